The highest BCUT2D eigenvalue weighted by Gasteiger charge is 2.26. The van der Waals surface area contributed by atoms with Crippen LogP contribution in [-0.2, 0) is 0 Å². The van der Waals surface area contributed by atoms with Gasteiger partial charge in [-0.25, -0.2) is 4.98 Å². The van der Waals surface area contributed by atoms with Crippen molar-refractivity contribution in [1.82, 2.24) is 4.98 Å². The number of aromatic nitrogens is 1. The molecule has 1 aromatic rings. The first-order valence-corrected chi connectivity index (χ1v) is 8.35. The zero-order valence-corrected chi connectivity index (χ0v) is 14.5. The molecule has 0 bridgehead atoms. The first-order chi connectivity index (χ1) is 9.93. The van der Waals surface area contributed by atoms with Crippen molar-refractivity contribution in [1.29, 1.82) is 0 Å². The highest BCUT2D eigenvalue weighted by atomic mass is 32.1. The van der Waals surface area contributed by atoms with Gasteiger partial charge in [0.1, 0.15) is 10.8 Å². The first kappa shape index (κ1) is 16.2. The Bertz CT molecular complexity index is 519. The summed E-state index contributed by atoms with van der Waals surface area (Å²) in [6.07, 6.45) is 6.41. The van der Waals surface area contributed by atoms with E-state index in [1.165, 1.54) is 32.1 Å². The third kappa shape index (κ3) is 3.54. The molecule has 1 saturated carbocycles. The summed E-state index contributed by atoms with van der Waals surface area (Å²) in [6, 6.07) is 2.61. The average molecular weight is 305 g/mol. The molecule has 2 N–H and O–H groups in total. The second-order valence-corrected chi connectivity index (χ2v) is 6.78. The zero-order valence-electron chi connectivity index (χ0n) is 13.6. The van der Waals surface area contributed by atoms with Crippen molar-refractivity contribution in [3.05, 3.63) is 22.9 Å². The van der Waals surface area contributed by atoms with Crippen LogP contribution in [-0.4, -0.2) is 23.1 Å². The van der Waals surface area contributed by atoms with Crippen LogP contribution in [0.4, 0.5) is 5.82 Å². The molecule has 3 nitrogen and oxygen atoms in total. The number of aryl methyl sites for hydroxylation is 2. The van der Waals surface area contributed by atoms with Crippen molar-refractivity contribution in [3.8, 4) is 0 Å². The second kappa shape index (κ2) is 6.73. The summed E-state index contributed by atoms with van der Waals surface area (Å²) in [5.74, 6) is 1.86. The fourth-order valence-electron chi connectivity index (χ4n) is 3.49. The van der Waals surface area contributed by atoms with Gasteiger partial charge in [0.05, 0.1) is 5.56 Å². The molecule has 1 aliphatic carbocycles. The van der Waals surface area contributed by atoms with Gasteiger partial charge >= 0.3 is 0 Å². The number of thiocarbonyl (C=S) groups is 1. The van der Waals surface area contributed by atoms with Crippen LogP contribution in [0.5, 0.6) is 0 Å². The number of hydrogen-bond acceptors (Lipinski definition) is 3. The lowest BCUT2D eigenvalue weighted by atomic mass is 9.84. The van der Waals surface area contributed by atoms with Gasteiger partial charge in [-0.2, -0.15) is 0 Å². The van der Waals surface area contributed by atoms with Gasteiger partial charge in [0.2, 0.25) is 0 Å². The van der Waals surface area contributed by atoms with E-state index in [1.54, 1.807) is 0 Å². The molecule has 1 aromatic heterocycles. The van der Waals surface area contributed by atoms with E-state index in [-0.39, 0.29) is 0 Å². The van der Waals surface area contributed by atoms with Gasteiger partial charge in [0.15, 0.2) is 0 Å². The van der Waals surface area contributed by atoms with E-state index in [1.807, 2.05) is 6.92 Å². The van der Waals surface area contributed by atoms with E-state index in [0.29, 0.717) is 11.0 Å². The van der Waals surface area contributed by atoms with Crippen molar-refractivity contribution in [2.75, 3.05) is 11.9 Å². The molecule has 0 radical (unpaired) electrons. The molecule has 4 heteroatoms. The predicted octanol–water partition coefficient (Wildman–Crippen LogP) is 3.74. The molecule has 2 rings (SSSR count). The third-order valence-corrected chi connectivity index (χ3v) is 5.05. The topological polar surface area (TPSA) is 42.2 Å². The van der Waals surface area contributed by atoms with Crippen LogP contribution in [0.3, 0.4) is 0 Å². The molecule has 0 aliphatic heterocycles. The Morgan fingerprint density at radius 2 is 1.95 bits per heavy atom. The van der Waals surface area contributed by atoms with Crippen molar-refractivity contribution in [3.63, 3.8) is 0 Å². The van der Waals surface area contributed by atoms with Crippen LogP contribution < -0.4 is 10.6 Å². The zero-order chi connectivity index (χ0) is 15.6. The summed E-state index contributed by atoms with van der Waals surface area (Å²) < 4.78 is 0. The summed E-state index contributed by atoms with van der Waals surface area (Å²) >= 11 is 5.25. The number of hydrogen-bond donors (Lipinski definition) is 1. The lowest BCUT2D eigenvalue weighted by Crippen LogP contribution is -2.37. The Hall–Kier alpha value is -1.16. The highest BCUT2D eigenvalue weighted by Crippen LogP contribution is 2.32. The summed E-state index contributed by atoms with van der Waals surface area (Å²) in [6.45, 7) is 6.39. The van der Waals surface area contributed by atoms with Gasteiger partial charge in [0.25, 0.3) is 0 Å². The number of pyridine rings is 1. The maximum absolute atomic E-state index is 5.94. The smallest absolute Gasteiger partial charge is 0.139 e. The number of anilines is 1. The lowest BCUT2D eigenvalue weighted by molar-refractivity contribution is 0.313. The largest absolute Gasteiger partial charge is 0.389 e. The monoisotopic (exact) mass is 305 g/mol. The van der Waals surface area contributed by atoms with Crippen LogP contribution >= 0.6 is 12.2 Å². The van der Waals surface area contributed by atoms with Crippen LogP contribution in [0.2, 0.25) is 0 Å². The van der Waals surface area contributed by atoms with Gasteiger partial charge in [-0.1, -0.05) is 25.6 Å². The molecule has 1 aliphatic rings. The predicted molar refractivity (Wildman–Crippen MR) is 94.0 cm³/mol. The first-order valence-electron chi connectivity index (χ1n) is 7.94. The van der Waals surface area contributed by atoms with E-state index in [4.69, 9.17) is 22.9 Å². The fraction of sp³-hybridized carbons (Fsp3) is 0.647. The van der Waals surface area contributed by atoms with E-state index < -0.39 is 0 Å². The van der Waals surface area contributed by atoms with E-state index >= 15 is 0 Å². The summed E-state index contributed by atoms with van der Waals surface area (Å²) in [5.41, 5.74) is 9.03. The van der Waals surface area contributed by atoms with Crippen LogP contribution in [0, 0.1) is 19.8 Å². The van der Waals surface area contributed by atoms with Gasteiger partial charge < -0.3 is 10.6 Å². The normalized spacial score (nSPS) is 22.1. The lowest BCUT2D eigenvalue weighted by Gasteiger charge is -2.36. The molecule has 0 spiro atoms. The quantitative estimate of drug-likeness (QED) is 0.861. The molecule has 0 aromatic carbocycles. The Labute approximate surface area is 133 Å². The highest BCUT2D eigenvalue weighted by molar-refractivity contribution is 7.80. The van der Waals surface area contributed by atoms with Crippen LogP contribution in [0.15, 0.2) is 6.07 Å². The fourth-order valence-corrected chi connectivity index (χ4v) is 3.74. The number of nitrogens with two attached hydrogens (primary N) is 1. The van der Waals surface area contributed by atoms with Crippen molar-refractivity contribution in [2.45, 2.75) is 58.9 Å². The standard InChI is InChI=1S/C17H27N3S/c1-5-13-6-8-14(9-7-13)20(4)17-15(16(18)21)11(2)10-12(3)19-17/h10,13-14H,5-9H2,1-4H3,(H2,18,21). The molecule has 116 valence electrons. The third-order valence-electron chi connectivity index (χ3n) is 4.85. The second-order valence-electron chi connectivity index (χ2n) is 6.34. The Balaban J connectivity index is 2.27. The van der Waals surface area contributed by atoms with Crippen molar-refractivity contribution >= 4 is 23.0 Å². The molecular weight excluding hydrogens is 278 g/mol. The molecule has 1 heterocycles. The molecule has 21 heavy (non-hydrogen) atoms. The van der Waals surface area contributed by atoms with Crippen molar-refractivity contribution in [2.24, 2.45) is 11.7 Å². The Morgan fingerprint density at radius 1 is 1.33 bits per heavy atom. The Morgan fingerprint density at radius 3 is 2.48 bits per heavy atom. The molecule has 0 atom stereocenters. The maximum Gasteiger partial charge on any atom is 0.139 e. The van der Waals surface area contributed by atoms with Gasteiger partial charge in [-0.15, -0.1) is 0 Å². The van der Waals surface area contributed by atoms with E-state index in [2.05, 4.69) is 31.9 Å². The number of nitrogens with zero attached hydrogens (tertiary/aromatic N) is 2. The molecule has 0 unspecified atom stereocenters. The Kier molecular flexibility index (Phi) is 5.20. The van der Waals surface area contributed by atoms with Gasteiger partial charge in [0, 0.05) is 18.8 Å². The molecule has 0 saturated heterocycles. The van der Waals surface area contributed by atoms with Gasteiger partial charge in [-0.05, 0) is 57.1 Å². The van der Waals surface area contributed by atoms with Gasteiger partial charge in [-0.3, -0.25) is 0 Å². The van der Waals surface area contributed by atoms with Crippen LogP contribution in [0.25, 0.3) is 0 Å². The minimum Gasteiger partial charge on any atom is -0.389 e. The minimum atomic E-state index is 0.448. The van der Waals surface area contributed by atoms with E-state index in [9.17, 15) is 0 Å². The van der Waals surface area contributed by atoms with Crippen molar-refractivity contribution < 1.29 is 0 Å². The molecule has 1 fully saturated rings. The minimum absolute atomic E-state index is 0.448. The SMILES string of the molecule is CCC1CCC(N(C)c2nc(C)cc(C)c2C(N)=S)CC1. The average Bonchev–Trinajstić information content (AvgIpc) is 2.45. The molecular formula is C17H27N3S. The summed E-state index contributed by atoms with van der Waals surface area (Å²) in [5, 5.41) is 0. The summed E-state index contributed by atoms with van der Waals surface area (Å²) in [7, 11) is 2.14. The summed E-state index contributed by atoms with van der Waals surface area (Å²) in [4.78, 5) is 7.48. The van der Waals surface area contributed by atoms with E-state index in [0.717, 1.165) is 28.6 Å². The maximum atomic E-state index is 5.94. The van der Waals surface area contributed by atoms with Crippen LogP contribution in [0.1, 0.15) is 55.8 Å². The number of rotatable bonds is 4. The molecule has 0 amide bonds.